The van der Waals surface area contributed by atoms with Crippen LogP contribution in [0.5, 0.6) is 0 Å². The van der Waals surface area contributed by atoms with Crippen LogP contribution in [-0.2, 0) is 0 Å². The number of benzene rings is 3. The summed E-state index contributed by atoms with van der Waals surface area (Å²) in [5, 5.41) is 13.2. The summed E-state index contributed by atoms with van der Waals surface area (Å²) in [6.07, 6.45) is 4.14. The first-order valence-corrected chi connectivity index (χ1v) is 9.29. The van der Waals surface area contributed by atoms with Gasteiger partial charge in [0, 0.05) is 29.0 Å². The van der Waals surface area contributed by atoms with Crippen molar-refractivity contribution in [3.8, 4) is 11.4 Å². The highest BCUT2D eigenvalue weighted by Crippen LogP contribution is 2.22. The van der Waals surface area contributed by atoms with E-state index in [1.54, 1.807) is 11.5 Å². The molecule has 3 aromatic heterocycles. The molecule has 0 atom stereocenters. The van der Waals surface area contributed by atoms with E-state index in [4.69, 9.17) is 4.52 Å². The van der Waals surface area contributed by atoms with E-state index in [0.717, 1.165) is 38.8 Å². The number of aromatic amines is 1. The van der Waals surface area contributed by atoms with Crippen molar-refractivity contribution >= 4 is 43.6 Å². The number of nitrogens with one attached hydrogen (secondary N) is 1. The zero-order valence-corrected chi connectivity index (χ0v) is 14.9. The average Bonchev–Trinajstić information content (AvgIpc) is 3.42. The topological polar surface area (TPSA) is 62.5 Å². The second-order valence-corrected chi connectivity index (χ2v) is 7.36. The molecule has 0 amide bonds. The number of nitrogens with zero attached hydrogens (tertiary/aromatic N) is 4. The molecule has 0 fully saturated rings. The summed E-state index contributed by atoms with van der Waals surface area (Å²) in [4.78, 5) is 0. The monoisotopic (exact) mass is 371 g/mol. The van der Waals surface area contributed by atoms with Gasteiger partial charge in [-0.05, 0) is 24.3 Å². The highest BCUT2D eigenvalue weighted by atomic mass is 32.1. The lowest BCUT2D eigenvalue weighted by molar-refractivity contribution is -0.779. The van der Waals surface area contributed by atoms with Crippen LogP contribution in [0, 0.1) is 0 Å². The van der Waals surface area contributed by atoms with Gasteiger partial charge in [-0.1, -0.05) is 12.1 Å². The van der Waals surface area contributed by atoms with Crippen LogP contribution in [0.3, 0.4) is 0 Å². The molecule has 3 aromatic carbocycles. The minimum Gasteiger partial charge on any atom is -0.230 e. The number of fused-ring (bicyclic) bond motifs is 3. The molecule has 0 saturated heterocycles. The molecule has 0 aliphatic carbocycles. The molecule has 6 nitrogen and oxygen atoms in total. The molecule has 0 aliphatic heterocycles. The summed E-state index contributed by atoms with van der Waals surface area (Å²) < 4.78 is 11.1. The maximum Gasteiger partial charge on any atom is 0.259 e. The fourth-order valence-electron chi connectivity index (χ4n) is 3.26. The zero-order valence-electron chi connectivity index (χ0n) is 14.0. The van der Waals surface area contributed by atoms with Crippen molar-refractivity contribution in [3.63, 3.8) is 0 Å². The van der Waals surface area contributed by atoms with Crippen LogP contribution in [-0.4, -0.2) is 15.4 Å². The Kier molecular flexibility index (Phi) is 2.95. The van der Waals surface area contributed by atoms with Crippen LogP contribution in [0.1, 0.15) is 0 Å². The van der Waals surface area contributed by atoms with Gasteiger partial charge in [-0.3, -0.25) is 0 Å². The second-order valence-electron chi connectivity index (χ2n) is 6.35. The number of rotatable bonds is 2. The largest absolute Gasteiger partial charge is 0.259 e. The first kappa shape index (κ1) is 14.6. The highest BCUT2D eigenvalue weighted by Gasteiger charge is 2.19. The van der Waals surface area contributed by atoms with E-state index >= 15 is 0 Å². The lowest BCUT2D eigenvalue weighted by Gasteiger charge is -1.88. The van der Waals surface area contributed by atoms with E-state index < -0.39 is 0 Å². The van der Waals surface area contributed by atoms with Crippen LogP contribution in [0.25, 0.3) is 43.5 Å². The van der Waals surface area contributed by atoms with Crippen LogP contribution >= 0.6 is 11.5 Å². The minimum absolute atomic E-state index is 0.857. The first-order chi connectivity index (χ1) is 13.3. The van der Waals surface area contributed by atoms with Gasteiger partial charge in [-0.15, -0.1) is 3.96 Å². The number of hydrogen-bond donors (Lipinski definition) is 1. The van der Waals surface area contributed by atoms with Crippen LogP contribution in [0.2, 0.25) is 0 Å². The highest BCUT2D eigenvalue weighted by molar-refractivity contribution is 7.09. The standard InChI is InChI=1S/C20H13N5OS/c1-2-4-19-13(3-1)11-24(26-19)15-6-8-20-14(9-15)12-25(27-20)16-5-7-17-18(10-16)22-23-21-17/h1-12H,(H,21,22,23)/q+2. The smallest absolute Gasteiger partial charge is 0.230 e. The molecule has 6 aromatic rings. The number of H-pyrrole nitrogens is 1. The van der Waals surface area contributed by atoms with Crippen molar-refractivity contribution in [2.24, 2.45) is 0 Å². The van der Waals surface area contributed by atoms with Crippen molar-refractivity contribution < 1.29 is 13.2 Å². The summed E-state index contributed by atoms with van der Waals surface area (Å²) in [5.41, 5.74) is 4.66. The van der Waals surface area contributed by atoms with E-state index in [1.165, 1.54) is 4.70 Å². The Morgan fingerprint density at radius 3 is 2.67 bits per heavy atom. The van der Waals surface area contributed by atoms with Gasteiger partial charge in [0.2, 0.25) is 17.5 Å². The summed E-state index contributed by atoms with van der Waals surface area (Å²) in [5.74, 6) is 0. The molecule has 0 spiro atoms. The van der Waals surface area contributed by atoms with Crippen LogP contribution in [0.4, 0.5) is 0 Å². The van der Waals surface area contributed by atoms with Crippen molar-refractivity contribution in [2.75, 3.05) is 0 Å². The minimum atomic E-state index is 0.857. The molecular weight excluding hydrogens is 358 g/mol. The third-order valence-electron chi connectivity index (χ3n) is 4.63. The predicted octanol–water partition coefficient (Wildman–Crippen LogP) is 3.47. The van der Waals surface area contributed by atoms with Crippen molar-refractivity contribution in [2.45, 2.75) is 0 Å². The quantitative estimate of drug-likeness (QED) is 0.474. The molecule has 6 rings (SSSR count). The van der Waals surface area contributed by atoms with Gasteiger partial charge in [-0.25, -0.2) is 4.52 Å². The molecule has 0 saturated carbocycles. The third kappa shape index (κ3) is 2.32. The van der Waals surface area contributed by atoms with Gasteiger partial charge in [0.15, 0.2) is 6.20 Å². The summed E-state index contributed by atoms with van der Waals surface area (Å²) >= 11 is 1.69. The molecule has 1 N–H and O–H groups in total. The van der Waals surface area contributed by atoms with Gasteiger partial charge in [-0.2, -0.15) is 15.4 Å². The van der Waals surface area contributed by atoms with Crippen LogP contribution < -0.4 is 8.70 Å². The first-order valence-electron chi connectivity index (χ1n) is 8.51. The van der Waals surface area contributed by atoms with Gasteiger partial charge >= 0.3 is 0 Å². The maximum absolute atomic E-state index is 5.93. The zero-order chi connectivity index (χ0) is 17.8. The Morgan fingerprint density at radius 1 is 0.815 bits per heavy atom. The molecule has 128 valence electrons. The summed E-state index contributed by atoms with van der Waals surface area (Å²) in [7, 11) is 0. The lowest BCUT2D eigenvalue weighted by atomic mass is 10.2. The number of para-hydroxylation sites is 1. The Labute approximate surface area is 157 Å². The molecule has 0 radical (unpaired) electrons. The van der Waals surface area contributed by atoms with Gasteiger partial charge < -0.3 is 0 Å². The van der Waals surface area contributed by atoms with E-state index in [-0.39, 0.29) is 0 Å². The van der Waals surface area contributed by atoms with E-state index in [2.05, 4.69) is 49.8 Å². The van der Waals surface area contributed by atoms with E-state index in [1.807, 2.05) is 47.3 Å². The number of hydrogen-bond acceptors (Lipinski definition) is 4. The average molecular weight is 371 g/mol. The summed E-state index contributed by atoms with van der Waals surface area (Å²) in [6.45, 7) is 0. The lowest BCUT2D eigenvalue weighted by Crippen LogP contribution is -2.26. The Balaban J connectivity index is 1.46. The van der Waals surface area contributed by atoms with Crippen molar-refractivity contribution in [1.29, 1.82) is 0 Å². The van der Waals surface area contributed by atoms with Crippen LogP contribution in [0.15, 0.2) is 77.6 Å². The van der Waals surface area contributed by atoms with Gasteiger partial charge in [0.1, 0.15) is 27.3 Å². The van der Waals surface area contributed by atoms with Crippen molar-refractivity contribution in [1.82, 2.24) is 15.4 Å². The van der Waals surface area contributed by atoms with Gasteiger partial charge in [0.25, 0.3) is 5.69 Å². The third-order valence-corrected chi connectivity index (χ3v) is 5.71. The fraction of sp³-hybridized carbons (Fsp3) is 0. The molecule has 3 heterocycles. The van der Waals surface area contributed by atoms with E-state index in [9.17, 15) is 0 Å². The van der Waals surface area contributed by atoms with E-state index in [0.29, 0.717) is 0 Å². The molecule has 0 bridgehead atoms. The fourth-order valence-corrected chi connectivity index (χ4v) is 4.21. The number of aromatic nitrogens is 5. The van der Waals surface area contributed by atoms with Crippen molar-refractivity contribution in [3.05, 3.63) is 73.1 Å². The molecular formula is C20H13N5OS+2. The normalized spacial score (nSPS) is 11.7. The Bertz CT molecular complexity index is 1410. The Hall–Kier alpha value is -3.58. The molecule has 27 heavy (non-hydrogen) atoms. The summed E-state index contributed by atoms with van der Waals surface area (Å²) in [6, 6.07) is 20.4. The van der Waals surface area contributed by atoms with Gasteiger partial charge in [0.05, 0.1) is 10.8 Å². The maximum atomic E-state index is 5.93. The molecule has 0 unspecified atom stereocenters. The Morgan fingerprint density at radius 2 is 1.70 bits per heavy atom. The second kappa shape index (κ2) is 5.46. The molecule has 0 aliphatic rings. The SMILES string of the molecule is c1ccc2o[n+](-c3ccc4s[n+](-c5ccc6n[nH]nc6c5)cc4c3)cc2c1. The predicted molar refractivity (Wildman–Crippen MR) is 102 cm³/mol. The molecule has 7 heteroatoms.